The average Bonchev–Trinajstić information content (AvgIpc) is 2.42. The van der Waals surface area contributed by atoms with Gasteiger partial charge in [-0.1, -0.05) is 18.2 Å². The second kappa shape index (κ2) is 6.15. The number of nitrogens with zero attached hydrogens (tertiary/aromatic N) is 3. The lowest BCUT2D eigenvalue weighted by atomic mass is 10.2. The highest BCUT2D eigenvalue weighted by Gasteiger charge is 2.10. The van der Waals surface area contributed by atoms with E-state index in [0.29, 0.717) is 25.6 Å². The van der Waals surface area contributed by atoms with Crippen LogP contribution in [0.1, 0.15) is 6.42 Å². The molecule has 0 fully saturated rings. The number of fused-ring (bicyclic) bond motifs is 1. The molecule has 0 aliphatic heterocycles. The van der Waals surface area contributed by atoms with Gasteiger partial charge in [0.05, 0.1) is 18.4 Å². The van der Waals surface area contributed by atoms with Crippen molar-refractivity contribution < 1.29 is 13.2 Å². The molecule has 0 unspecified atom stereocenters. The standard InChI is InChI=1S/C13H17N3O3S/c1-16(20(2,17)18)8-5-9-19-13-14-10-11-6-3-4-7-12(11)15-13/h3-4,6-7,10H,5,8-9H2,1-2H3. The number of hydrogen-bond donors (Lipinski definition) is 0. The lowest BCUT2D eigenvalue weighted by molar-refractivity contribution is 0.276. The summed E-state index contributed by atoms with van der Waals surface area (Å²) < 4.78 is 29.1. The van der Waals surface area contributed by atoms with Gasteiger partial charge in [-0.2, -0.15) is 4.98 Å². The predicted octanol–water partition coefficient (Wildman–Crippen LogP) is 1.29. The number of sulfonamides is 1. The van der Waals surface area contributed by atoms with Gasteiger partial charge in [0, 0.05) is 25.2 Å². The van der Waals surface area contributed by atoms with Crippen LogP contribution in [0, 0.1) is 0 Å². The van der Waals surface area contributed by atoms with Gasteiger partial charge in [-0.3, -0.25) is 0 Å². The SMILES string of the molecule is CN(CCCOc1ncc2ccccc2n1)S(C)(=O)=O. The molecular weight excluding hydrogens is 278 g/mol. The van der Waals surface area contributed by atoms with E-state index in [4.69, 9.17) is 4.74 Å². The molecule has 0 aliphatic rings. The van der Waals surface area contributed by atoms with E-state index in [1.807, 2.05) is 24.3 Å². The lowest BCUT2D eigenvalue weighted by Crippen LogP contribution is -2.27. The van der Waals surface area contributed by atoms with Gasteiger partial charge in [0.25, 0.3) is 0 Å². The zero-order valence-electron chi connectivity index (χ0n) is 11.5. The Bertz CT molecular complexity index is 688. The van der Waals surface area contributed by atoms with Crippen molar-refractivity contribution in [3.05, 3.63) is 30.5 Å². The Morgan fingerprint density at radius 2 is 2.05 bits per heavy atom. The highest BCUT2D eigenvalue weighted by Crippen LogP contribution is 2.12. The summed E-state index contributed by atoms with van der Waals surface area (Å²) in [5.41, 5.74) is 0.825. The number of benzene rings is 1. The molecule has 1 aromatic heterocycles. The topological polar surface area (TPSA) is 72.4 Å². The van der Waals surface area contributed by atoms with Crippen LogP contribution in [0.15, 0.2) is 30.5 Å². The number of rotatable bonds is 6. The van der Waals surface area contributed by atoms with Crippen molar-refractivity contribution in [3.8, 4) is 6.01 Å². The van der Waals surface area contributed by atoms with Crippen LogP contribution in [0.2, 0.25) is 0 Å². The third-order valence-electron chi connectivity index (χ3n) is 2.88. The molecule has 0 spiro atoms. The maximum absolute atomic E-state index is 11.2. The summed E-state index contributed by atoms with van der Waals surface area (Å²) in [5.74, 6) is 0. The van der Waals surface area contributed by atoms with E-state index in [2.05, 4.69) is 9.97 Å². The third kappa shape index (κ3) is 3.88. The summed E-state index contributed by atoms with van der Waals surface area (Å²) in [6.45, 7) is 0.782. The first-order chi connectivity index (χ1) is 9.47. The molecule has 0 N–H and O–H groups in total. The molecule has 20 heavy (non-hydrogen) atoms. The van der Waals surface area contributed by atoms with Gasteiger partial charge in [0.15, 0.2) is 0 Å². The van der Waals surface area contributed by atoms with E-state index in [-0.39, 0.29) is 0 Å². The van der Waals surface area contributed by atoms with Crippen LogP contribution in [0.4, 0.5) is 0 Å². The lowest BCUT2D eigenvalue weighted by Gasteiger charge is -2.13. The van der Waals surface area contributed by atoms with Crippen molar-refractivity contribution in [2.75, 3.05) is 26.5 Å². The minimum atomic E-state index is -3.13. The summed E-state index contributed by atoms with van der Waals surface area (Å²) in [4.78, 5) is 8.38. The summed E-state index contributed by atoms with van der Waals surface area (Å²) in [6.07, 6.45) is 3.47. The van der Waals surface area contributed by atoms with Crippen molar-refractivity contribution >= 4 is 20.9 Å². The molecule has 6 nitrogen and oxygen atoms in total. The van der Waals surface area contributed by atoms with E-state index in [0.717, 1.165) is 10.9 Å². The smallest absolute Gasteiger partial charge is 0.316 e. The molecule has 0 atom stereocenters. The fourth-order valence-electron chi connectivity index (χ4n) is 1.64. The number of ether oxygens (including phenoxy) is 1. The highest BCUT2D eigenvalue weighted by atomic mass is 32.2. The van der Waals surface area contributed by atoms with Crippen molar-refractivity contribution in [2.45, 2.75) is 6.42 Å². The highest BCUT2D eigenvalue weighted by molar-refractivity contribution is 7.88. The van der Waals surface area contributed by atoms with Gasteiger partial charge in [0.1, 0.15) is 0 Å². The normalized spacial score (nSPS) is 11.9. The zero-order chi connectivity index (χ0) is 14.6. The van der Waals surface area contributed by atoms with Gasteiger partial charge < -0.3 is 4.74 Å². The van der Waals surface area contributed by atoms with Crippen molar-refractivity contribution in [3.63, 3.8) is 0 Å². The molecule has 0 saturated heterocycles. The van der Waals surface area contributed by atoms with Crippen LogP contribution in [0.3, 0.4) is 0 Å². The minimum Gasteiger partial charge on any atom is -0.463 e. The maximum Gasteiger partial charge on any atom is 0.316 e. The van der Waals surface area contributed by atoms with Crippen molar-refractivity contribution in [1.82, 2.24) is 14.3 Å². The quantitative estimate of drug-likeness (QED) is 0.751. The Labute approximate surface area is 118 Å². The number of aromatic nitrogens is 2. The van der Waals surface area contributed by atoms with Crippen LogP contribution in [0.5, 0.6) is 6.01 Å². The molecule has 0 aliphatic carbocycles. The average molecular weight is 295 g/mol. The monoisotopic (exact) mass is 295 g/mol. The first kappa shape index (κ1) is 14.7. The Kier molecular flexibility index (Phi) is 4.51. The first-order valence-corrected chi connectivity index (χ1v) is 8.07. The molecule has 0 radical (unpaired) electrons. The van der Waals surface area contributed by atoms with E-state index in [1.54, 1.807) is 13.2 Å². The van der Waals surface area contributed by atoms with Gasteiger partial charge in [-0.25, -0.2) is 17.7 Å². The summed E-state index contributed by atoms with van der Waals surface area (Å²) in [5, 5.41) is 0.955. The van der Waals surface area contributed by atoms with Crippen LogP contribution < -0.4 is 4.74 Å². The Morgan fingerprint density at radius 1 is 1.30 bits per heavy atom. The predicted molar refractivity (Wildman–Crippen MR) is 77.1 cm³/mol. The third-order valence-corrected chi connectivity index (χ3v) is 4.20. The molecule has 0 saturated carbocycles. The van der Waals surface area contributed by atoms with Crippen LogP contribution in [-0.4, -0.2) is 49.1 Å². The van der Waals surface area contributed by atoms with Gasteiger partial charge in [0.2, 0.25) is 10.0 Å². The molecule has 1 heterocycles. The molecule has 1 aromatic carbocycles. The summed E-state index contributed by atoms with van der Waals surface area (Å²) in [7, 11) is -1.59. The minimum absolute atomic E-state index is 0.311. The second-order valence-corrected chi connectivity index (χ2v) is 6.59. The van der Waals surface area contributed by atoms with Gasteiger partial charge in [-0.05, 0) is 12.5 Å². The molecular formula is C13H17N3O3S. The zero-order valence-corrected chi connectivity index (χ0v) is 12.3. The van der Waals surface area contributed by atoms with Gasteiger partial charge in [-0.15, -0.1) is 0 Å². The molecule has 0 bridgehead atoms. The van der Waals surface area contributed by atoms with Crippen LogP contribution in [0.25, 0.3) is 10.9 Å². The molecule has 2 aromatic rings. The van der Waals surface area contributed by atoms with Crippen LogP contribution in [-0.2, 0) is 10.0 Å². The second-order valence-electron chi connectivity index (χ2n) is 4.50. The summed E-state index contributed by atoms with van der Waals surface area (Å²) >= 11 is 0. The van der Waals surface area contributed by atoms with E-state index < -0.39 is 10.0 Å². The largest absolute Gasteiger partial charge is 0.463 e. The van der Waals surface area contributed by atoms with Crippen molar-refractivity contribution in [1.29, 1.82) is 0 Å². The summed E-state index contributed by atoms with van der Waals surface area (Å²) in [6, 6.07) is 7.96. The van der Waals surface area contributed by atoms with Gasteiger partial charge >= 0.3 is 6.01 Å². The molecule has 7 heteroatoms. The fourth-order valence-corrected chi connectivity index (χ4v) is 2.10. The molecule has 108 valence electrons. The fraction of sp³-hybridized carbons (Fsp3) is 0.385. The van der Waals surface area contributed by atoms with Crippen LogP contribution >= 0.6 is 0 Å². The molecule has 0 amide bonds. The van der Waals surface area contributed by atoms with E-state index >= 15 is 0 Å². The molecule has 2 rings (SSSR count). The van der Waals surface area contributed by atoms with E-state index in [9.17, 15) is 8.42 Å². The van der Waals surface area contributed by atoms with Crippen molar-refractivity contribution in [2.24, 2.45) is 0 Å². The Morgan fingerprint density at radius 3 is 2.80 bits per heavy atom. The first-order valence-electron chi connectivity index (χ1n) is 6.23. The van der Waals surface area contributed by atoms with E-state index in [1.165, 1.54) is 10.6 Å². The Hall–Kier alpha value is -1.73. The number of hydrogen-bond acceptors (Lipinski definition) is 5. The number of para-hydroxylation sites is 1. The Balaban J connectivity index is 1.87. The maximum atomic E-state index is 11.2.